The Kier molecular flexibility index (Phi) is 12.0. The molecule has 5 heterocycles. The normalized spacial score (nSPS) is 57.2. The van der Waals surface area contributed by atoms with Crippen LogP contribution in [0.4, 0.5) is 0 Å². The van der Waals surface area contributed by atoms with Crippen molar-refractivity contribution in [2.45, 2.75) is 197 Å². The van der Waals surface area contributed by atoms with E-state index < -0.39 is 92.3 Å². The second-order valence-electron chi connectivity index (χ2n) is 20.5. The highest BCUT2D eigenvalue weighted by atomic mass is 16.8. The maximum atomic E-state index is 11.9. The Labute approximate surface area is 347 Å². The largest absolute Gasteiger partial charge is 0.394 e. The molecule has 3 saturated carbocycles. The molecule has 15 nitrogen and oxygen atoms in total. The zero-order valence-corrected chi connectivity index (χ0v) is 35.3. The number of fused-ring (bicyclic) bond motifs is 7. The average Bonchev–Trinajstić information content (AvgIpc) is 3.82. The molecule has 59 heavy (non-hydrogen) atoms. The van der Waals surface area contributed by atoms with Gasteiger partial charge < -0.3 is 73.6 Å². The first kappa shape index (κ1) is 43.4. The molecule has 7 N–H and O–H groups in total. The molecule has 5 saturated heterocycles. The zero-order chi connectivity index (χ0) is 41.8. The zero-order valence-electron chi connectivity index (χ0n) is 35.3. The molecule has 336 valence electrons. The van der Waals surface area contributed by atoms with Crippen molar-refractivity contribution in [3.8, 4) is 0 Å². The molecular formula is C44H70O15. The minimum atomic E-state index is -1.66. The highest BCUT2D eigenvalue weighted by Gasteiger charge is 2.69. The molecule has 0 bridgehead atoms. The maximum absolute atomic E-state index is 11.9. The van der Waals surface area contributed by atoms with Gasteiger partial charge in [0, 0.05) is 18.8 Å². The Balaban J connectivity index is 0.910. The summed E-state index contributed by atoms with van der Waals surface area (Å²) >= 11 is 0. The van der Waals surface area contributed by atoms with E-state index in [1.807, 2.05) is 0 Å². The third kappa shape index (κ3) is 7.22. The predicted molar refractivity (Wildman–Crippen MR) is 207 cm³/mol. The van der Waals surface area contributed by atoms with E-state index in [2.05, 4.69) is 33.8 Å². The summed E-state index contributed by atoms with van der Waals surface area (Å²) in [5.41, 5.74) is 1.60. The van der Waals surface area contributed by atoms with Crippen LogP contribution in [-0.4, -0.2) is 153 Å². The van der Waals surface area contributed by atoms with E-state index in [0.717, 1.165) is 45.1 Å². The van der Waals surface area contributed by atoms with E-state index in [1.165, 1.54) is 25.3 Å². The topological polar surface area (TPSA) is 215 Å². The summed E-state index contributed by atoms with van der Waals surface area (Å²) in [4.78, 5) is 0. The Morgan fingerprint density at radius 2 is 1.53 bits per heavy atom. The second-order valence-corrected chi connectivity index (χ2v) is 20.5. The molecule has 15 heteroatoms. The van der Waals surface area contributed by atoms with E-state index in [1.54, 1.807) is 0 Å². The highest BCUT2D eigenvalue weighted by Crippen LogP contribution is 2.70. The van der Waals surface area contributed by atoms with Crippen LogP contribution in [0.2, 0.25) is 0 Å². The van der Waals surface area contributed by atoms with E-state index in [9.17, 15) is 35.7 Å². The van der Waals surface area contributed by atoms with Crippen molar-refractivity contribution in [3.05, 3.63) is 11.6 Å². The van der Waals surface area contributed by atoms with Gasteiger partial charge in [0.15, 0.2) is 24.7 Å². The van der Waals surface area contributed by atoms with Crippen LogP contribution >= 0.6 is 0 Å². The molecule has 0 aromatic rings. The summed E-state index contributed by atoms with van der Waals surface area (Å²) in [5.74, 6) is 2.75. The second kappa shape index (κ2) is 16.3. The van der Waals surface area contributed by atoms with Crippen LogP contribution in [0, 0.1) is 46.3 Å². The maximum Gasteiger partial charge on any atom is 0.187 e. The third-order valence-electron chi connectivity index (χ3n) is 17.2. The van der Waals surface area contributed by atoms with E-state index in [0.29, 0.717) is 41.9 Å². The van der Waals surface area contributed by atoms with E-state index in [4.69, 9.17) is 37.9 Å². The smallest absolute Gasteiger partial charge is 0.187 e. The number of rotatable bonds is 8. The highest BCUT2D eigenvalue weighted by molar-refractivity contribution is 5.26. The molecule has 0 unspecified atom stereocenters. The molecule has 24 atom stereocenters. The fourth-order valence-corrected chi connectivity index (χ4v) is 13.8. The Hall–Kier alpha value is -0.860. The van der Waals surface area contributed by atoms with E-state index >= 15 is 0 Å². The SMILES string of the molecule is C[C@H]1CC[C@@]2(OC1)O[C@H]1C[C@H]3[C@@H]4CC=C5C[C@@H](O[C@@H]6O[C@@H](CO)[C@H](O[C@@H]7O[C@@H](CO)C[C@H]7O)[C@@H](O)[C@@H]6O[C@@H]6O[C@@H](C)[C@@H](O)[C@H](O)[C@@H]6O)CC[C@]5(C)[C@H]4CC[C@]3(C)[C@H]1[C@@H]2C. The van der Waals surface area contributed by atoms with Crippen LogP contribution in [0.1, 0.15) is 98.8 Å². The number of allylic oxidation sites excluding steroid dienone is 1. The van der Waals surface area contributed by atoms with Crippen LogP contribution in [0.15, 0.2) is 11.6 Å². The van der Waals surface area contributed by atoms with Crippen LogP contribution < -0.4 is 0 Å². The van der Waals surface area contributed by atoms with Crippen LogP contribution in [0.25, 0.3) is 0 Å². The lowest BCUT2D eigenvalue weighted by molar-refractivity contribution is -0.380. The quantitative estimate of drug-likeness (QED) is 0.174. The minimum Gasteiger partial charge on any atom is -0.394 e. The van der Waals surface area contributed by atoms with Crippen molar-refractivity contribution in [1.82, 2.24) is 0 Å². The molecule has 4 aliphatic carbocycles. The number of aliphatic hydroxyl groups excluding tert-OH is 7. The fraction of sp³-hybridized carbons (Fsp3) is 0.955. The van der Waals surface area contributed by atoms with Crippen molar-refractivity contribution in [1.29, 1.82) is 0 Å². The van der Waals surface area contributed by atoms with Gasteiger partial charge >= 0.3 is 0 Å². The standard InChI is InChI=1S/C44H70O15/c1-20-8-13-44(52-19-20)21(2)32-30(59-44)16-28-26-7-6-23-14-24(9-11-42(23,4)27(26)10-12-43(28,32)5)54-41-38(58-40-35(50)34(49)33(48)22(3)53-40)36(51)37(31(18-46)56-41)57-39-29(47)15-25(17-45)55-39/h6,20-22,24-41,45-51H,7-19H2,1-5H3/t20-,21-,22-,24-,25+,26+,27-,28-,29+,30-,31-,32-,33+,34-,35-,36+,37-,38-,39-,40-,41+,42-,43-,44+/m0/s1. The van der Waals surface area contributed by atoms with Crippen LogP contribution in [0.3, 0.4) is 0 Å². The van der Waals surface area contributed by atoms with Crippen LogP contribution in [0.5, 0.6) is 0 Å². The summed E-state index contributed by atoms with van der Waals surface area (Å²) in [6.07, 6.45) is -5.15. The van der Waals surface area contributed by atoms with Gasteiger partial charge in [-0.05, 0) is 98.7 Å². The first-order valence-electron chi connectivity index (χ1n) is 22.7. The van der Waals surface area contributed by atoms with Crippen LogP contribution in [-0.2, 0) is 37.9 Å². The van der Waals surface area contributed by atoms with Gasteiger partial charge in [0.1, 0.15) is 48.8 Å². The molecule has 0 aromatic heterocycles. The van der Waals surface area contributed by atoms with Gasteiger partial charge in [-0.1, -0.05) is 39.3 Å². The first-order chi connectivity index (χ1) is 28.1. The molecule has 0 radical (unpaired) electrons. The van der Waals surface area contributed by atoms with Gasteiger partial charge in [-0.25, -0.2) is 0 Å². The van der Waals surface area contributed by atoms with Gasteiger partial charge in [-0.3, -0.25) is 0 Å². The van der Waals surface area contributed by atoms with E-state index in [-0.39, 0.29) is 36.1 Å². The third-order valence-corrected chi connectivity index (χ3v) is 17.2. The summed E-state index contributed by atoms with van der Waals surface area (Å²) in [6.45, 7) is 11.1. The lowest BCUT2D eigenvalue weighted by Crippen LogP contribution is -2.65. The van der Waals surface area contributed by atoms with Gasteiger partial charge in [0.25, 0.3) is 0 Å². The van der Waals surface area contributed by atoms with Gasteiger partial charge in [-0.2, -0.15) is 0 Å². The van der Waals surface area contributed by atoms with Gasteiger partial charge in [-0.15, -0.1) is 0 Å². The summed E-state index contributed by atoms with van der Waals surface area (Å²) in [7, 11) is 0. The molecule has 0 amide bonds. The minimum absolute atomic E-state index is 0.00916. The number of hydrogen-bond donors (Lipinski definition) is 7. The van der Waals surface area contributed by atoms with Gasteiger partial charge in [0.2, 0.25) is 0 Å². The van der Waals surface area contributed by atoms with Crippen molar-refractivity contribution in [2.75, 3.05) is 19.8 Å². The Morgan fingerprint density at radius 3 is 2.24 bits per heavy atom. The number of ether oxygens (including phenoxy) is 8. The van der Waals surface area contributed by atoms with Crippen molar-refractivity contribution >= 4 is 0 Å². The van der Waals surface area contributed by atoms with Crippen molar-refractivity contribution in [2.24, 2.45) is 46.3 Å². The molecular weight excluding hydrogens is 768 g/mol. The Morgan fingerprint density at radius 1 is 0.746 bits per heavy atom. The molecule has 9 aliphatic rings. The average molecular weight is 839 g/mol. The monoisotopic (exact) mass is 838 g/mol. The lowest BCUT2D eigenvalue weighted by atomic mass is 9.47. The molecule has 9 rings (SSSR count). The number of hydrogen-bond acceptors (Lipinski definition) is 15. The fourth-order valence-electron chi connectivity index (χ4n) is 13.8. The number of aliphatic hydroxyl groups is 7. The van der Waals surface area contributed by atoms with Gasteiger partial charge in [0.05, 0.1) is 44.2 Å². The Bertz CT molecular complexity index is 1520. The molecule has 1 spiro atoms. The predicted octanol–water partition coefficient (Wildman–Crippen LogP) is 1.88. The first-order valence-corrected chi connectivity index (χ1v) is 22.7. The summed E-state index contributed by atoms with van der Waals surface area (Å²) < 4.78 is 50.2. The molecule has 5 aliphatic heterocycles. The summed E-state index contributed by atoms with van der Waals surface area (Å²) in [5, 5.41) is 74.5. The van der Waals surface area contributed by atoms with Crippen molar-refractivity contribution < 1.29 is 73.6 Å². The molecule has 8 fully saturated rings. The lowest BCUT2D eigenvalue weighted by Gasteiger charge is -2.58. The molecule has 0 aromatic carbocycles. The summed E-state index contributed by atoms with van der Waals surface area (Å²) in [6, 6.07) is 0. The van der Waals surface area contributed by atoms with Crippen molar-refractivity contribution in [3.63, 3.8) is 0 Å².